The van der Waals surface area contributed by atoms with Gasteiger partial charge in [0.2, 0.25) is 5.91 Å². The van der Waals surface area contributed by atoms with Gasteiger partial charge in [0.1, 0.15) is 0 Å². The van der Waals surface area contributed by atoms with Crippen LogP contribution in [0.25, 0.3) is 0 Å². The zero-order valence-electron chi connectivity index (χ0n) is 12.6. The van der Waals surface area contributed by atoms with Crippen LogP contribution in [0.15, 0.2) is 30.3 Å². The van der Waals surface area contributed by atoms with Gasteiger partial charge >= 0.3 is 0 Å². The van der Waals surface area contributed by atoms with Gasteiger partial charge in [0.25, 0.3) is 0 Å². The number of carbonyl (C=O) groups is 1. The Bertz CT molecular complexity index is 447. The summed E-state index contributed by atoms with van der Waals surface area (Å²) in [5.41, 5.74) is 6.76. The molecule has 3 N–H and O–H groups in total. The molecular formula is C17H26N2O. The first kappa shape index (κ1) is 15.0. The van der Waals surface area contributed by atoms with Gasteiger partial charge in [-0.1, -0.05) is 63.4 Å². The smallest absolute Gasteiger partial charge is 0.240 e. The van der Waals surface area contributed by atoms with Gasteiger partial charge in [0, 0.05) is 12.0 Å². The molecule has 3 nitrogen and oxygen atoms in total. The maximum atomic E-state index is 12.4. The van der Waals surface area contributed by atoms with Crippen molar-refractivity contribution in [3.63, 3.8) is 0 Å². The van der Waals surface area contributed by atoms with Crippen molar-refractivity contribution >= 4 is 5.91 Å². The Morgan fingerprint density at radius 1 is 1.20 bits per heavy atom. The number of nitrogens with one attached hydrogen (secondary N) is 1. The second-order valence-corrected chi connectivity index (χ2v) is 6.65. The lowest BCUT2D eigenvalue weighted by atomic mass is 9.81. The molecule has 1 saturated carbocycles. The molecule has 1 aromatic carbocycles. The molecule has 0 radical (unpaired) electrons. The molecule has 110 valence electrons. The van der Waals surface area contributed by atoms with E-state index in [1.54, 1.807) is 0 Å². The van der Waals surface area contributed by atoms with Crippen LogP contribution in [-0.2, 0) is 10.2 Å². The van der Waals surface area contributed by atoms with E-state index < -0.39 is 5.54 Å². The summed E-state index contributed by atoms with van der Waals surface area (Å²) in [5.74, 6) is 0.0150. The first-order valence-electron chi connectivity index (χ1n) is 7.57. The highest BCUT2D eigenvalue weighted by Crippen LogP contribution is 2.27. The lowest BCUT2D eigenvalue weighted by Gasteiger charge is -2.34. The number of hydrogen-bond acceptors (Lipinski definition) is 2. The number of carbonyl (C=O) groups excluding carboxylic acids is 1. The van der Waals surface area contributed by atoms with E-state index in [-0.39, 0.29) is 11.3 Å². The van der Waals surface area contributed by atoms with Crippen LogP contribution in [0.4, 0.5) is 0 Å². The van der Waals surface area contributed by atoms with Crippen LogP contribution in [0.5, 0.6) is 0 Å². The molecule has 0 saturated heterocycles. The second kappa shape index (κ2) is 5.96. The number of benzene rings is 1. The zero-order chi connectivity index (χ0) is 14.6. The third-order valence-electron chi connectivity index (χ3n) is 4.44. The molecular weight excluding hydrogens is 248 g/mol. The first-order chi connectivity index (χ1) is 9.44. The summed E-state index contributed by atoms with van der Waals surface area (Å²) < 4.78 is 0. The Morgan fingerprint density at radius 3 is 2.40 bits per heavy atom. The second-order valence-electron chi connectivity index (χ2n) is 6.65. The van der Waals surface area contributed by atoms with E-state index >= 15 is 0 Å². The number of nitrogens with two attached hydrogens (primary N) is 1. The Morgan fingerprint density at radius 2 is 1.80 bits per heavy atom. The lowest BCUT2D eigenvalue weighted by molar-refractivity contribution is -0.127. The van der Waals surface area contributed by atoms with Gasteiger partial charge in [-0.2, -0.15) is 0 Å². The molecule has 0 unspecified atom stereocenters. The minimum atomic E-state index is -0.648. The molecule has 0 aliphatic heterocycles. The van der Waals surface area contributed by atoms with Crippen LogP contribution in [0, 0.1) is 0 Å². The van der Waals surface area contributed by atoms with Crippen LogP contribution in [0.2, 0.25) is 0 Å². The van der Waals surface area contributed by atoms with Gasteiger partial charge in [0.05, 0.1) is 5.54 Å². The third-order valence-corrected chi connectivity index (χ3v) is 4.44. The molecule has 0 atom stereocenters. The molecule has 0 bridgehead atoms. The van der Waals surface area contributed by atoms with Crippen LogP contribution in [-0.4, -0.2) is 18.0 Å². The Kier molecular flexibility index (Phi) is 4.48. The molecule has 1 aliphatic rings. The first-order valence-corrected chi connectivity index (χ1v) is 7.57. The highest BCUT2D eigenvalue weighted by atomic mass is 16.2. The fourth-order valence-corrected chi connectivity index (χ4v) is 2.88. The average molecular weight is 274 g/mol. The molecule has 1 amide bonds. The van der Waals surface area contributed by atoms with Crippen LogP contribution in [0.1, 0.15) is 51.5 Å². The standard InChI is InChI=1S/C17H26N2O/c1-16(2,14-9-5-3-6-10-14)13-19-15(20)17(18)11-7-4-8-12-17/h3,5-6,9-10H,4,7-8,11-13,18H2,1-2H3,(H,19,20). The minimum Gasteiger partial charge on any atom is -0.354 e. The molecule has 20 heavy (non-hydrogen) atoms. The van der Waals surface area contributed by atoms with E-state index in [4.69, 9.17) is 5.73 Å². The van der Waals surface area contributed by atoms with Crippen molar-refractivity contribution in [1.82, 2.24) is 5.32 Å². The van der Waals surface area contributed by atoms with Crippen molar-refractivity contribution in [3.8, 4) is 0 Å². The summed E-state index contributed by atoms with van der Waals surface area (Å²) >= 11 is 0. The van der Waals surface area contributed by atoms with Gasteiger partial charge < -0.3 is 11.1 Å². The van der Waals surface area contributed by atoms with Crippen molar-refractivity contribution in [1.29, 1.82) is 0 Å². The molecule has 0 spiro atoms. The normalized spacial score (nSPS) is 18.6. The topological polar surface area (TPSA) is 55.1 Å². The fourth-order valence-electron chi connectivity index (χ4n) is 2.88. The highest BCUT2D eigenvalue weighted by molar-refractivity contribution is 5.86. The number of amides is 1. The molecule has 0 aromatic heterocycles. The van der Waals surface area contributed by atoms with Crippen LogP contribution < -0.4 is 11.1 Å². The van der Waals surface area contributed by atoms with Gasteiger partial charge in [-0.25, -0.2) is 0 Å². The minimum absolute atomic E-state index is 0.0150. The third kappa shape index (κ3) is 3.40. The van der Waals surface area contributed by atoms with E-state index in [9.17, 15) is 4.79 Å². The predicted octanol–water partition coefficient (Wildman–Crippen LogP) is 2.74. The van der Waals surface area contributed by atoms with Gasteiger partial charge in [0.15, 0.2) is 0 Å². The summed E-state index contributed by atoms with van der Waals surface area (Å²) in [6.07, 6.45) is 4.94. The molecule has 1 aliphatic carbocycles. The maximum Gasteiger partial charge on any atom is 0.240 e. The summed E-state index contributed by atoms with van der Waals surface area (Å²) in [7, 11) is 0. The summed E-state index contributed by atoms with van der Waals surface area (Å²) in [6.45, 7) is 4.91. The van der Waals surface area contributed by atoms with Crippen molar-refractivity contribution < 1.29 is 4.79 Å². The monoisotopic (exact) mass is 274 g/mol. The van der Waals surface area contributed by atoms with E-state index in [1.807, 2.05) is 18.2 Å². The molecule has 0 heterocycles. The van der Waals surface area contributed by atoms with Crippen LogP contribution in [0.3, 0.4) is 0 Å². The van der Waals surface area contributed by atoms with Gasteiger partial charge in [-0.3, -0.25) is 4.79 Å². The molecule has 2 rings (SSSR count). The SMILES string of the molecule is CC(C)(CNC(=O)C1(N)CCCCC1)c1ccccc1. The van der Waals surface area contributed by atoms with Gasteiger partial charge in [-0.15, -0.1) is 0 Å². The molecule has 1 aromatic rings. The number of hydrogen-bond donors (Lipinski definition) is 2. The van der Waals surface area contributed by atoms with E-state index in [0.29, 0.717) is 6.54 Å². The van der Waals surface area contributed by atoms with E-state index in [1.165, 1.54) is 12.0 Å². The van der Waals surface area contributed by atoms with Crippen molar-refractivity contribution in [2.75, 3.05) is 6.54 Å². The highest BCUT2D eigenvalue weighted by Gasteiger charge is 2.36. The number of rotatable bonds is 4. The van der Waals surface area contributed by atoms with E-state index in [2.05, 4.69) is 31.3 Å². The Labute approximate surface area is 121 Å². The quantitative estimate of drug-likeness (QED) is 0.887. The van der Waals surface area contributed by atoms with Crippen LogP contribution >= 0.6 is 0 Å². The predicted molar refractivity (Wildman–Crippen MR) is 82.5 cm³/mol. The zero-order valence-corrected chi connectivity index (χ0v) is 12.6. The maximum absolute atomic E-state index is 12.4. The average Bonchev–Trinajstić information content (AvgIpc) is 2.46. The van der Waals surface area contributed by atoms with Crippen molar-refractivity contribution in [2.24, 2.45) is 5.73 Å². The summed E-state index contributed by atoms with van der Waals surface area (Å²) in [5, 5.41) is 3.07. The molecule has 1 fully saturated rings. The fraction of sp³-hybridized carbons (Fsp3) is 0.588. The Balaban J connectivity index is 1.96. The molecule has 3 heteroatoms. The van der Waals surface area contributed by atoms with E-state index in [0.717, 1.165) is 25.7 Å². The summed E-state index contributed by atoms with van der Waals surface area (Å²) in [6, 6.07) is 10.3. The van der Waals surface area contributed by atoms with Crippen molar-refractivity contribution in [3.05, 3.63) is 35.9 Å². The largest absolute Gasteiger partial charge is 0.354 e. The summed E-state index contributed by atoms with van der Waals surface area (Å²) in [4.78, 5) is 12.4. The van der Waals surface area contributed by atoms with Crippen molar-refractivity contribution in [2.45, 2.75) is 56.9 Å². The van der Waals surface area contributed by atoms with Gasteiger partial charge in [-0.05, 0) is 18.4 Å². The Hall–Kier alpha value is -1.35. The lowest BCUT2D eigenvalue weighted by Crippen LogP contribution is -2.56.